The van der Waals surface area contributed by atoms with Gasteiger partial charge < -0.3 is 15.1 Å². The highest BCUT2D eigenvalue weighted by Crippen LogP contribution is 2.13. The Morgan fingerprint density at radius 1 is 1.15 bits per heavy atom. The summed E-state index contributed by atoms with van der Waals surface area (Å²) < 4.78 is 0. The first-order chi connectivity index (χ1) is 12.6. The number of nitrogens with zero attached hydrogens (tertiary/aromatic N) is 4. The standard InChI is InChI=1S/C19H19N5O2/c1-23-7-9-24(10-8-23)19(26)15-5-6-21-17(12-15)18(25)22-16-4-2-3-14(11-16)13-20/h2-6,11-12H,7-10H2,1H3,(H,22,25). The van der Waals surface area contributed by atoms with Gasteiger partial charge in [-0.2, -0.15) is 5.26 Å². The van der Waals surface area contributed by atoms with Crippen LogP contribution in [0.5, 0.6) is 0 Å². The minimum Gasteiger partial charge on any atom is -0.336 e. The van der Waals surface area contributed by atoms with Crippen LogP contribution >= 0.6 is 0 Å². The van der Waals surface area contributed by atoms with E-state index in [0.717, 1.165) is 13.1 Å². The highest BCUT2D eigenvalue weighted by atomic mass is 16.2. The molecule has 1 aromatic carbocycles. The van der Waals surface area contributed by atoms with Crippen molar-refractivity contribution in [1.82, 2.24) is 14.8 Å². The van der Waals surface area contributed by atoms with Crippen molar-refractivity contribution < 1.29 is 9.59 Å². The van der Waals surface area contributed by atoms with Gasteiger partial charge in [0.1, 0.15) is 5.69 Å². The van der Waals surface area contributed by atoms with E-state index in [0.29, 0.717) is 29.9 Å². The maximum atomic E-state index is 12.6. The minimum atomic E-state index is -0.423. The number of amides is 2. The first-order valence-electron chi connectivity index (χ1n) is 8.32. The number of aromatic nitrogens is 1. The average Bonchev–Trinajstić information content (AvgIpc) is 2.68. The summed E-state index contributed by atoms with van der Waals surface area (Å²) in [7, 11) is 2.03. The van der Waals surface area contributed by atoms with Crippen LogP contribution in [0.3, 0.4) is 0 Å². The number of rotatable bonds is 3. The Labute approximate surface area is 151 Å². The molecule has 0 saturated carbocycles. The monoisotopic (exact) mass is 349 g/mol. The molecular weight excluding hydrogens is 330 g/mol. The zero-order valence-corrected chi connectivity index (χ0v) is 14.5. The summed E-state index contributed by atoms with van der Waals surface area (Å²) in [5.41, 5.74) is 1.56. The summed E-state index contributed by atoms with van der Waals surface area (Å²) in [5.74, 6) is -0.519. The quantitative estimate of drug-likeness (QED) is 0.909. The number of pyridine rings is 1. The van der Waals surface area contributed by atoms with E-state index in [9.17, 15) is 9.59 Å². The Morgan fingerprint density at radius 3 is 2.65 bits per heavy atom. The molecule has 0 unspecified atom stereocenters. The Balaban J connectivity index is 1.73. The largest absolute Gasteiger partial charge is 0.336 e. The molecule has 1 saturated heterocycles. The Bertz CT molecular complexity index is 866. The van der Waals surface area contributed by atoms with Crippen LogP contribution in [-0.4, -0.2) is 59.8 Å². The summed E-state index contributed by atoms with van der Waals surface area (Å²) in [6.45, 7) is 3.00. The predicted molar refractivity (Wildman–Crippen MR) is 96.7 cm³/mol. The maximum absolute atomic E-state index is 12.6. The molecule has 2 amide bonds. The van der Waals surface area contributed by atoms with Gasteiger partial charge in [-0.1, -0.05) is 6.07 Å². The van der Waals surface area contributed by atoms with Gasteiger partial charge in [0.15, 0.2) is 0 Å². The fourth-order valence-electron chi connectivity index (χ4n) is 2.74. The van der Waals surface area contributed by atoms with Gasteiger partial charge >= 0.3 is 0 Å². The summed E-state index contributed by atoms with van der Waals surface area (Å²) in [6, 6.07) is 11.8. The molecule has 2 aromatic rings. The molecule has 1 aliphatic heterocycles. The smallest absolute Gasteiger partial charge is 0.274 e. The number of anilines is 1. The molecule has 26 heavy (non-hydrogen) atoms. The summed E-state index contributed by atoms with van der Waals surface area (Å²) >= 11 is 0. The van der Waals surface area contributed by atoms with E-state index < -0.39 is 5.91 Å². The van der Waals surface area contributed by atoms with E-state index >= 15 is 0 Å². The Kier molecular flexibility index (Phi) is 5.25. The molecule has 7 nitrogen and oxygen atoms in total. The molecule has 0 radical (unpaired) electrons. The third kappa shape index (κ3) is 4.05. The van der Waals surface area contributed by atoms with Gasteiger partial charge in [0.2, 0.25) is 0 Å². The lowest BCUT2D eigenvalue weighted by Gasteiger charge is -2.32. The molecule has 1 aliphatic rings. The molecule has 7 heteroatoms. The number of nitrogens with one attached hydrogen (secondary N) is 1. The highest BCUT2D eigenvalue weighted by molar-refractivity contribution is 6.04. The summed E-state index contributed by atoms with van der Waals surface area (Å²) in [6.07, 6.45) is 1.46. The van der Waals surface area contributed by atoms with E-state index in [1.165, 1.54) is 12.3 Å². The minimum absolute atomic E-state index is 0.0963. The molecule has 0 atom stereocenters. The summed E-state index contributed by atoms with van der Waals surface area (Å²) in [5, 5.41) is 11.6. The highest BCUT2D eigenvalue weighted by Gasteiger charge is 2.21. The second-order valence-corrected chi connectivity index (χ2v) is 6.17. The van der Waals surface area contributed by atoms with Crippen molar-refractivity contribution in [2.75, 3.05) is 38.5 Å². The van der Waals surface area contributed by atoms with Crippen LogP contribution < -0.4 is 5.32 Å². The topological polar surface area (TPSA) is 89.3 Å². The number of hydrogen-bond donors (Lipinski definition) is 1. The van der Waals surface area contributed by atoms with E-state index in [2.05, 4.69) is 15.2 Å². The van der Waals surface area contributed by atoms with Gasteiger partial charge in [0.25, 0.3) is 11.8 Å². The molecule has 1 fully saturated rings. The van der Waals surface area contributed by atoms with Crippen molar-refractivity contribution >= 4 is 17.5 Å². The van der Waals surface area contributed by atoms with Gasteiger partial charge in [0.05, 0.1) is 11.6 Å². The lowest BCUT2D eigenvalue weighted by Crippen LogP contribution is -2.47. The van der Waals surface area contributed by atoms with Crippen LogP contribution in [0.1, 0.15) is 26.4 Å². The van der Waals surface area contributed by atoms with Crippen LogP contribution in [0.25, 0.3) is 0 Å². The zero-order valence-electron chi connectivity index (χ0n) is 14.5. The van der Waals surface area contributed by atoms with Gasteiger partial charge in [-0.15, -0.1) is 0 Å². The maximum Gasteiger partial charge on any atom is 0.274 e. The zero-order chi connectivity index (χ0) is 18.5. The average molecular weight is 349 g/mol. The number of carbonyl (C=O) groups excluding carboxylic acids is 2. The second-order valence-electron chi connectivity index (χ2n) is 6.17. The van der Waals surface area contributed by atoms with Crippen LogP contribution in [0.4, 0.5) is 5.69 Å². The molecule has 2 heterocycles. The third-order valence-electron chi connectivity index (χ3n) is 4.28. The molecular formula is C19H19N5O2. The van der Waals surface area contributed by atoms with E-state index in [-0.39, 0.29) is 11.6 Å². The molecule has 132 valence electrons. The SMILES string of the molecule is CN1CCN(C(=O)c2ccnc(C(=O)Nc3cccc(C#N)c3)c2)CC1. The van der Waals surface area contributed by atoms with E-state index in [1.54, 1.807) is 35.2 Å². The van der Waals surface area contributed by atoms with Crippen LogP contribution in [0.15, 0.2) is 42.6 Å². The number of likely N-dealkylation sites (N-methyl/N-ethyl adjacent to an activating group) is 1. The number of nitriles is 1. The van der Waals surface area contributed by atoms with Crippen molar-refractivity contribution in [3.8, 4) is 6.07 Å². The molecule has 1 aromatic heterocycles. The summed E-state index contributed by atoms with van der Waals surface area (Å²) in [4.78, 5) is 33.1. The third-order valence-corrected chi connectivity index (χ3v) is 4.28. The normalized spacial score (nSPS) is 14.5. The molecule has 1 N–H and O–H groups in total. The van der Waals surface area contributed by atoms with Crippen LogP contribution in [0.2, 0.25) is 0 Å². The van der Waals surface area contributed by atoms with Crippen LogP contribution in [0, 0.1) is 11.3 Å². The number of carbonyl (C=O) groups is 2. The van der Waals surface area contributed by atoms with Crippen molar-refractivity contribution in [1.29, 1.82) is 5.26 Å². The molecule has 0 aliphatic carbocycles. The first kappa shape index (κ1) is 17.6. The number of hydrogen-bond acceptors (Lipinski definition) is 5. The van der Waals surface area contributed by atoms with Gasteiger partial charge in [0, 0.05) is 43.6 Å². The van der Waals surface area contributed by atoms with Crippen molar-refractivity contribution in [3.63, 3.8) is 0 Å². The predicted octanol–water partition coefficient (Wildman–Crippen LogP) is 1.59. The molecule has 0 bridgehead atoms. The van der Waals surface area contributed by atoms with Crippen molar-refractivity contribution in [3.05, 3.63) is 59.4 Å². The van der Waals surface area contributed by atoms with Gasteiger partial charge in [-0.05, 0) is 37.4 Å². The Hall–Kier alpha value is -3.24. The first-order valence-corrected chi connectivity index (χ1v) is 8.32. The fourth-order valence-corrected chi connectivity index (χ4v) is 2.74. The fraction of sp³-hybridized carbons (Fsp3) is 0.263. The molecule has 0 spiro atoms. The van der Waals surface area contributed by atoms with E-state index in [1.807, 2.05) is 13.1 Å². The Morgan fingerprint density at radius 2 is 1.92 bits per heavy atom. The van der Waals surface area contributed by atoms with Crippen LogP contribution in [-0.2, 0) is 0 Å². The van der Waals surface area contributed by atoms with Crippen molar-refractivity contribution in [2.24, 2.45) is 0 Å². The lowest BCUT2D eigenvalue weighted by atomic mass is 10.1. The lowest BCUT2D eigenvalue weighted by molar-refractivity contribution is 0.0664. The number of piperazine rings is 1. The van der Waals surface area contributed by atoms with Gasteiger partial charge in [-0.3, -0.25) is 14.6 Å². The van der Waals surface area contributed by atoms with Gasteiger partial charge in [-0.25, -0.2) is 0 Å². The number of benzene rings is 1. The van der Waals surface area contributed by atoms with E-state index in [4.69, 9.17) is 5.26 Å². The molecule has 3 rings (SSSR count). The van der Waals surface area contributed by atoms with Crippen molar-refractivity contribution in [2.45, 2.75) is 0 Å². The second kappa shape index (κ2) is 7.76.